The molecule has 2 aromatic carbocycles. The van der Waals surface area contributed by atoms with Crippen LogP contribution in [0.3, 0.4) is 0 Å². The van der Waals surface area contributed by atoms with Crippen molar-refractivity contribution in [2.75, 3.05) is 18.5 Å². The number of anilines is 1. The molecule has 0 spiro atoms. The average Bonchev–Trinajstić information content (AvgIpc) is 2.44. The monoisotopic (exact) mass is 292 g/mol. The van der Waals surface area contributed by atoms with Gasteiger partial charge >= 0.3 is 0 Å². The SMILES string of the molecule is Cc1ccc(N(C)C(CN)c2ccc(Cl)c(F)c2)cc1. The van der Waals surface area contributed by atoms with Crippen LogP contribution in [0.25, 0.3) is 0 Å². The van der Waals surface area contributed by atoms with Gasteiger partial charge in [0.05, 0.1) is 11.1 Å². The molecule has 0 saturated heterocycles. The molecule has 106 valence electrons. The molecule has 2 N–H and O–H groups in total. The van der Waals surface area contributed by atoms with Crippen LogP contribution in [0, 0.1) is 12.7 Å². The van der Waals surface area contributed by atoms with Gasteiger partial charge in [-0.05, 0) is 36.8 Å². The third-order valence-electron chi connectivity index (χ3n) is 3.46. The second-order valence-electron chi connectivity index (χ2n) is 4.87. The number of aryl methyl sites for hydroxylation is 1. The maximum absolute atomic E-state index is 13.6. The van der Waals surface area contributed by atoms with Crippen LogP contribution in [0.4, 0.5) is 10.1 Å². The lowest BCUT2D eigenvalue weighted by Crippen LogP contribution is -2.30. The van der Waals surface area contributed by atoms with Crippen molar-refractivity contribution >= 4 is 17.3 Å². The zero-order valence-corrected chi connectivity index (χ0v) is 12.4. The molecule has 0 bridgehead atoms. The molecule has 0 heterocycles. The number of nitrogens with two attached hydrogens (primary N) is 1. The topological polar surface area (TPSA) is 29.3 Å². The van der Waals surface area contributed by atoms with E-state index < -0.39 is 5.82 Å². The molecule has 1 atom stereocenters. The van der Waals surface area contributed by atoms with Crippen LogP contribution in [0.1, 0.15) is 17.2 Å². The standard InChI is InChI=1S/C16H18ClFN2/c1-11-3-6-13(7-4-11)20(2)16(10-19)12-5-8-14(17)15(18)9-12/h3-9,16H,10,19H2,1-2H3. The van der Waals surface area contributed by atoms with E-state index in [1.165, 1.54) is 11.6 Å². The van der Waals surface area contributed by atoms with Crippen molar-refractivity contribution in [1.82, 2.24) is 0 Å². The first-order valence-electron chi connectivity index (χ1n) is 6.47. The van der Waals surface area contributed by atoms with Crippen LogP contribution in [0.2, 0.25) is 5.02 Å². The summed E-state index contributed by atoms with van der Waals surface area (Å²) >= 11 is 5.72. The Morgan fingerprint density at radius 1 is 1.20 bits per heavy atom. The van der Waals surface area contributed by atoms with Crippen molar-refractivity contribution < 1.29 is 4.39 Å². The number of hydrogen-bond donors (Lipinski definition) is 1. The maximum Gasteiger partial charge on any atom is 0.142 e. The zero-order valence-electron chi connectivity index (χ0n) is 11.6. The van der Waals surface area contributed by atoms with Crippen molar-refractivity contribution in [2.24, 2.45) is 5.73 Å². The van der Waals surface area contributed by atoms with Gasteiger partial charge in [-0.1, -0.05) is 35.4 Å². The second kappa shape index (κ2) is 6.25. The Morgan fingerprint density at radius 2 is 1.85 bits per heavy atom. The fourth-order valence-electron chi connectivity index (χ4n) is 2.20. The highest BCUT2D eigenvalue weighted by Crippen LogP contribution is 2.27. The fraction of sp³-hybridized carbons (Fsp3) is 0.250. The molecule has 0 aliphatic heterocycles. The summed E-state index contributed by atoms with van der Waals surface area (Å²) in [6, 6.07) is 12.9. The predicted molar refractivity (Wildman–Crippen MR) is 82.8 cm³/mol. The molecule has 1 unspecified atom stereocenters. The molecule has 0 fully saturated rings. The number of nitrogens with zero attached hydrogens (tertiary/aromatic N) is 1. The summed E-state index contributed by atoms with van der Waals surface area (Å²) in [6.07, 6.45) is 0. The van der Waals surface area contributed by atoms with E-state index in [1.807, 2.05) is 49.2 Å². The molecule has 4 heteroatoms. The van der Waals surface area contributed by atoms with E-state index >= 15 is 0 Å². The van der Waals surface area contributed by atoms with Crippen molar-refractivity contribution in [1.29, 1.82) is 0 Å². The first-order chi connectivity index (χ1) is 9.52. The molecule has 2 aromatic rings. The van der Waals surface area contributed by atoms with Gasteiger partial charge in [0.2, 0.25) is 0 Å². The summed E-state index contributed by atoms with van der Waals surface area (Å²) in [5, 5.41) is 0.127. The van der Waals surface area contributed by atoms with E-state index in [9.17, 15) is 4.39 Å². The molecular formula is C16H18ClFN2. The molecule has 0 aromatic heterocycles. The average molecular weight is 293 g/mol. The first kappa shape index (κ1) is 14.8. The number of likely N-dealkylation sites (N-methyl/N-ethyl adjacent to an activating group) is 1. The Kier molecular flexibility index (Phi) is 4.63. The van der Waals surface area contributed by atoms with Crippen LogP contribution in [-0.2, 0) is 0 Å². The largest absolute Gasteiger partial charge is 0.366 e. The van der Waals surface area contributed by atoms with Gasteiger partial charge in [0, 0.05) is 19.3 Å². The fourth-order valence-corrected chi connectivity index (χ4v) is 2.31. The van der Waals surface area contributed by atoms with Crippen molar-refractivity contribution in [3.8, 4) is 0 Å². The smallest absolute Gasteiger partial charge is 0.142 e. The lowest BCUT2D eigenvalue weighted by Gasteiger charge is -2.29. The Bertz CT molecular complexity index is 584. The van der Waals surface area contributed by atoms with E-state index in [0.717, 1.165) is 11.3 Å². The number of hydrogen-bond acceptors (Lipinski definition) is 2. The van der Waals surface area contributed by atoms with E-state index in [1.54, 1.807) is 6.07 Å². The normalized spacial score (nSPS) is 12.2. The summed E-state index contributed by atoms with van der Waals surface area (Å²) < 4.78 is 13.6. The zero-order chi connectivity index (χ0) is 14.7. The molecular weight excluding hydrogens is 275 g/mol. The number of halogens is 2. The maximum atomic E-state index is 13.6. The minimum atomic E-state index is -0.417. The van der Waals surface area contributed by atoms with Gasteiger partial charge in [0.25, 0.3) is 0 Å². The van der Waals surface area contributed by atoms with Crippen LogP contribution in [-0.4, -0.2) is 13.6 Å². The van der Waals surface area contributed by atoms with Crippen molar-refractivity contribution in [3.05, 3.63) is 64.4 Å². The third-order valence-corrected chi connectivity index (χ3v) is 3.77. The summed E-state index contributed by atoms with van der Waals surface area (Å²) in [4.78, 5) is 2.04. The van der Waals surface area contributed by atoms with Gasteiger partial charge < -0.3 is 10.6 Å². The number of rotatable bonds is 4. The third kappa shape index (κ3) is 3.11. The minimum Gasteiger partial charge on any atom is -0.366 e. The molecule has 20 heavy (non-hydrogen) atoms. The van der Waals surface area contributed by atoms with Crippen LogP contribution in [0.5, 0.6) is 0 Å². The number of benzene rings is 2. The molecule has 2 rings (SSSR count). The Labute approximate surface area is 124 Å². The Balaban J connectivity index is 2.31. The van der Waals surface area contributed by atoms with Crippen LogP contribution < -0.4 is 10.6 Å². The van der Waals surface area contributed by atoms with E-state index in [-0.39, 0.29) is 11.1 Å². The highest BCUT2D eigenvalue weighted by atomic mass is 35.5. The lowest BCUT2D eigenvalue weighted by molar-refractivity contribution is 0.615. The molecule has 0 aliphatic carbocycles. The van der Waals surface area contributed by atoms with Gasteiger partial charge in [-0.2, -0.15) is 0 Å². The van der Waals surface area contributed by atoms with Crippen molar-refractivity contribution in [3.63, 3.8) is 0 Å². The quantitative estimate of drug-likeness (QED) is 0.925. The minimum absolute atomic E-state index is 0.0931. The Morgan fingerprint density at radius 3 is 2.40 bits per heavy atom. The van der Waals surface area contributed by atoms with Gasteiger partial charge in [-0.3, -0.25) is 0 Å². The van der Waals surface area contributed by atoms with Gasteiger partial charge in [0.1, 0.15) is 5.82 Å². The van der Waals surface area contributed by atoms with Crippen LogP contribution in [0.15, 0.2) is 42.5 Å². The van der Waals surface area contributed by atoms with E-state index in [2.05, 4.69) is 0 Å². The highest BCUT2D eigenvalue weighted by molar-refractivity contribution is 6.30. The molecule has 0 amide bonds. The highest BCUT2D eigenvalue weighted by Gasteiger charge is 2.17. The summed E-state index contributed by atoms with van der Waals surface area (Å²) in [5.41, 5.74) is 8.92. The summed E-state index contributed by atoms with van der Waals surface area (Å²) in [5.74, 6) is -0.417. The van der Waals surface area contributed by atoms with Gasteiger partial charge in [-0.25, -0.2) is 4.39 Å². The second-order valence-corrected chi connectivity index (χ2v) is 5.28. The van der Waals surface area contributed by atoms with E-state index in [4.69, 9.17) is 17.3 Å². The molecule has 2 nitrogen and oxygen atoms in total. The first-order valence-corrected chi connectivity index (χ1v) is 6.85. The van der Waals surface area contributed by atoms with Gasteiger partial charge in [-0.15, -0.1) is 0 Å². The summed E-state index contributed by atoms with van der Waals surface area (Å²) in [7, 11) is 1.95. The van der Waals surface area contributed by atoms with Gasteiger partial charge in [0.15, 0.2) is 0 Å². The predicted octanol–water partition coefficient (Wildman–Crippen LogP) is 3.92. The summed E-state index contributed by atoms with van der Waals surface area (Å²) in [6.45, 7) is 2.43. The Hall–Kier alpha value is -1.58. The lowest BCUT2D eigenvalue weighted by atomic mass is 10.0. The molecule has 0 radical (unpaired) electrons. The molecule has 0 saturated carbocycles. The van der Waals surface area contributed by atoms with Crippen LogP contribution >= 0.6 is 11.6 Å². The van der Waals surface area contributed by atoms with E-state index in [0.29, 0.717) is 6.54 Å². The van der Waals surface area contributed by atoms with Crippen molar-refractivity contribution in [2.45, 2.75) is 13.0 Å². The molecule has 0 aliphatic rings.